The monoisotopic (exact) mass is 298 g/mol. The number of aromatic nitrogens is 1. The van der Waals surface area contributed by atoms with Gasteiger partial charge in [0, 0.05) is 5.38 Å². The van der Waals surface area contributed by atoms with Gasteiger partial charge in [0.2, 0.25) is 0 Å². The summed E-state index contributed by atoms with van der Waals surface area (Å²) in [6.45, 7) is 4.23. The number of sulfonamides is 1. The van der Waals surface area contributed by atoms with Crippen molar-refractivity contribution in [2.45, 2.75) is 18.7 Å². The van der Waals surface area contributed by atoms with Crippen LogP contribution in [0.15, 0.2) is 34.5 Å². The number of aryl methyl sites for hydroxylation is 1. The Hall–Kier alpha value is -1.60. The number of rotatable bonds is 5. The highest BCUT2D eigenvalue weighted by molar-refractivity contribution is 7.93. The second-order valence-electron chi connectivity index (χ2n) is 3.80. The molecule has 19 heavy (non-hydrogen) atoms. The molecule has 1 N–H and O–H groups in total. The van der Waals surface area contributed by atoms with Gasteiger partial charge in [-0.2, -0.15) is 0 Å². The number of anilines is 1. The van der Waals surface area contributed by atoms with E-state index < -0.39 is 10.0 Å². The fourth-order valence-electron chi connectivity index (χ4n) is 1.46. The SMILES string of the molecule is CCOc1ccc(S(=O)(=O)Nc2nc(C)cs2)cc1. The van der Waals surface area contributed by atoms with Crippen molar-refractivity contribution in [1.29, 1.82) is 0 Å². The van der Waals surface area contributed by atoms with Crippen LogP contribution in [-0.2, 0) is 10.0 Å². The van der Waals surface area contributed by atoms with Crippen LogP contribution in [0.3, 0.4) is 0 Å². The number of nitrogens with one attached hydrogen (secondary N) is 1. The first-order valence-electron chi connectivity index (χ1n) is 5.69. The summed E-state index contributed by atoms with van der Waals surface area (Å²) in [6, 6.07) is 6.28. The summed E-state index contributed by atoms with van der Waals surface area (Å²) in [5.41, 5.74) is 0.786. The van der Waals surface area contributed by atoms with Crippen LogP contribution in [-0.4, -0.2) is 20.0 Å². The Labute approximate surface area is 116 Å². The lowest BCUT2D eigenvalue weighted by Gasteiger charge is -2.06. The quantitative estimate of drug-likeness (QED) is 0.921. The lowest BCUT2D eigenvalue weighted by molar-refractivity contribution is 0.340. The molecule has 0 amide bonds. The van der Waals surface area contributed by atoms with Crippen LogP contribution in [0.1, 0.15) is 12.6 Å². The minimum absolute atomic E-state index is 0.184. The van der Waals surface area contributed by atoms with Crippen LogP contribution in [0.5, 0.6) is 5.75 Å². The summed E-state index contributed by atoms with van der Waals surface area (Å²) in [5, 5.41) is 2.15. The number of thiazole rings is 1. The van der Waals surface area contributed by atoms with Crippen LogP contribution in [0, 0.1) is 6.92 Å². The summed E-state index contributed by atoms with van der Waals surface area (Å²) in [5.74, 6) is 0.645. The molecule has 1 aromatic carbocycles. The molecule has 0 aliphatic carbocycles. The van der Waals surface area contributed by atoms with Gasteiger partial charge in [0.05, 0.1) is 17.2 Å². The Morgan fingerprint density at radius 2 is 2.00 bits per heavy atom. The van der Waals surface area contributed by atoms with E-state index in [1.807, 2.05) is 13.8 Å². The van der Waals surface area contributed by atoms with Crippen molar-refractivity contribution in [3.05, 3.63) is 35.3 Å². The van der Waals surface area contributed by atoms with Gasteiger partial charge in [-0.05, 0) is 38.1 Å². The number of hydrogen-bond donors (Lipinski definition) is 1. The molecule has 0 aliphatic rings. The highest BCUT2D eigenvalue weighted by atomic mass is 32.2. The van der Waals surface area contributed by atoms with E-state index in [-0.39, 0.29) is 4.90 Å². The highest BCUT2D eigenvalue weighted by Gasteiger charge is 2.15. The molecule has 1 heterocycles. The van der Waals surface area contributed by atoms with Crippen molar-refractivity contribution in [1.82, 2.24) is 4.98 Å². The van der Waals surface area contributed by atoms with Gasteiger partial charge in [-0.3, -0.25) is 4.72 Å². The largest absolute Gasteiger partial charge is 0.494 e. The van der Waals surface area contributed by atoms with Crippen LogP contribution >= 0.6 is 11.3 Å². The molecule has 0 aliphatic heterocycles. The first-order chi connectivity index (χ1) is 9.01. The third-order valence-corrected chi connectivity index (χ3v) is 4.65. The van der Waals surface area contributed by atoms with E-state index in [9.17, 15) is 8.42 Å². The third kappa shape index (κ3) is 3.45. The molecule has 5 nitrogen and oxygen atoms in total. The molecule has 1 aromatic heterocycles. The van der Waals surface area contributed by atoms with Crippen molar-refractivity contribution in [2.24, 2.45) is 0 Å². The Bertz CT molecular complexity index is 648. The van der Waals surface area contributed by atoms with E-state index in [0.29, 0.717) is 17.5 Å². The molecule has 0 fully saturated rings. The number of hydrogen-bond acceptors (Lipinski definition) is 5. The lowest BCUT2D eigenvalue weighted by atomic mass is 10.3. The molecule has 2 aromatic rings. The van der Waals surface area contributed by atoms with Gasteiger partial charge in [-0.15, -0.1) is 11.3 Å². The third-order valence-electron chi connectivity index (χ3n) is 2.29. The summed E-state index contributed by atoms with van der Waals surface area (Å²) < 4.78 is 31.9. The molecular formula is C12H14N2O3S2. The maximum Gasteiger partial charge on any atom is 0.263 e. The predicted molar refractivity (Wildman–Crippen MR) is 75.3 cm³/mol. The van der Waals surface area contributed by atoms with Gasteiger partial charge in [0.1, 0.15) is 5.75 Å². The van der Waals surface area contributed by atoms with Crippen molar-refractivity contribution in [2.75, 3.05) is 11.3 Å². The van der Waals surface area contributed by atoms with Gasteiger partial charge in [-0.1, -0.05) is 0 Å². The second kappa shape index (κ2) is 5.58. The lowest BCUT2D eigenvalue weighted by Crippen LogP contribution is -2.12. The Kier molecular flexibility index (Phi) is 4.06. The van der Waals surface area contributed by atoms with E-state index in [0.717, 1.165) is 5.69 Å². The topological polar surface area (TPSA) is 68.3 Å². The van der Waals surface area contributed by atoms with Gasteiger partial charge in [-0.25, -0.2) is 13.4 Å². The number of nitrogens with zero attached hydrogens (tertiary/aromatic N) is 1. The van der Waals surface area contributed by atoms with Crippen LogP contribution in [0.4, 0.5) is 5.13 Å². The molecule has 0 radical (unpaired) electrons. The zero-order valence-corrected chi connectivity index (χ0v) is 12.2. The molecule has 0 bridgehead atoms. The average Bonchev–Trinajstić information content (AvgIpc) is 2.75. The molecule has 2 rings (SSSR count). The van der Waals surface area contributed by atoms with Gasteiger partial charge in [0.15, 0.2) is 5.13 Å². The first kappa shape index (κ1) is 13.8. The summed E-state index contributed by atoms with van der Waals surface area (Å²) in [7, 11) is -3.59. The standard InChI is InChI=1S/C12H14N2O3S2/c1-3-17-10-4-6-11(7-5-10)19(15,16)14-12-13-9(2)8-18-12/h4-8H,3H2,1-2H3,(H,13,14). The Balaban J connectivity index is 2.19. The van der Waals surface area contributed by atoms with E-state index in [1.165, 1.54) is 23.5 Å². The minimum atomic E-state index is -3.59. The zero-order chi connectivity index (χ0) is 13.9. The number of benzene rings is 1. The normalized spacial score (nSPS) is 11.3. The fraction of sp³-hybridized carbons (Fsp3) is 0.250. The van der Waals surface area contributed by atoms with Crippen molar-refractivity contribution < 1.29 is 13.2 Å². The Morgan fingerprint density at radius 3 is 2.53 bits per heavy atom. The Morgan fingerprint density at radius 1 is 1.32 bits per heavy atom. The smallest absolute Gasteiger partial charge is 0.263 e. The van der Waals surface area contributed by atoms with E-state index in [4.69, 9.17) is 4.74 Å². The maximum atomic E-state index is 12.1. The van der Waals surface area contributed by atoms with Crippen LogP contribution < -0.4 is 9.46 Å². The van der Waals surface area contributed by atoms with Gasteiger partial charge >= 0.3 is 0 Å². The van der Waals surface area contributed by atoms with Crippen molar-refractivity contribution >= 4 is 26.5 Å². The molecule has 102 valence electrons. The molecule has 0 saturated heterocycles. The molecule has 0 atom stereocenters. The molecule has 0 unspecified atom stereocenters. The van der Waals surface area contributed by atoms with Crippen molar-refractivity contribution in [3.63, 3.8) is 0 Å². The van der Waals surface area contributed by atoms with E-state index in [2.05, 4.69) is 9.71 Å². The maximum absolute atomic E-state index is 12.1. The first-order valence-corrected chi connectivity index (χ1v) is 8.05. The second-order valence-corrected chi connectivity index (χ2v) is 6.34. The minimum Gasteiger partial charge on any atom is -0.494 e. The zero-order valence-electron chi connectivity index (χ0n) is 10.6. The van der Waals surface area contributed by atoms with Crippen molar-refractivity contribution in [3.8, 4) is 5.75 Å². The van der Waals surface area contributed by atoms with E-state index >= 15 is 0 Å². The molecule has 7 heteroatoms. The molecule has 0 spiro atoms. The average molecular weight is 298 g/mol. The fourth-order valence-corrected chi connectivity index (χ4v) is 3.40. The summed E-state index contributed by atoms with van der Waals surface area (Å²) in [6.07, 6.45) is 0. The molecule has 0 saturated carbocycles. The van der Waals surface area contributed by atoms with E-state index in [1.54, 1.807) is 17.5 Å². The van der Waals surface area contributed by atoms with Crippen LogP contribution in [0.25, 0.3) is 0 Å². The predicted octanol–water partition coefficient (Wildman–Crippen LogP) is 2.65. The van der Waals surface area contributed by atoms with Crippen LogP contribution in [0.2, 0.25) is 0 Å². The number of ether oxygens (including phenoxy) is 1. The summed E-state index contributed by atoms with van der Waals surface area (Å²) >= 11 is 1.26. The summed E-state index contributed by atoms with van der Waals surface area (Å²) in [4.78, 5) is 4.26. The van der Waals surface area contributed by atoms with Gasteiger partial charge < -0.3 is 4.74 Å². The molecular weight excluding hydrogens is 284 g/mol. The van der Waals surface area contributed by atoms with Gasteiger partial charge in [0.25, 0.3) is 10.0 Å². The highest BCUT2D eigenvalue weighted by Crippen LogP contribution is 2.21.